The van der Waals surface area contributed by atoms with E-state index in [1.807, 2.05) is 6.07 Å². The van der Waals surface area contributed by atoms with Gasteiger partial charge in [-0.25, -0.2) is 0 Å². The fraction of sp³-hybridized carbons (Fsp3) is 0.571. The molecule has 2 rings (SSSR count). The molecule has 15 heavy (non-hydrogen) atoms. The van der Waals surface area contributed by atoms with Crippen LogP contribution in [-0.4, -0.2) is 11.2 Å². The first-order valence-corrected chi connectivity index (χ1v) is 5.86. The summed E-state index contributed by atoms with van der Waals surface area (Å²) in [6.45, 7) is 4.50. The second kappa shape index (κ2) is 3.97. The standard InChI is InChI=1S/C14H20O/c1-14(2,11-7-4-3-5-8-11)12-9-6-10-13(12)15/h3-5,7-8,12-13,15H,6,9-10H2,1-2H3. The van der Waals surface area contributed by atoms with E-state index < -0.39 is 0 Å². The molecule has 0 spiro atoms. The summed E-state index contributed by atoms with van der Waals surface area (Å²) in [6.07, 6.45) is 3.19. The SMILES string of the molecule is CC(C)(c1ccccc1)C1CCCC1O. The fourth-order valence-corrected chi connectivity index (χ4v) is 2.86. The minimum Gasteiger partial charge on any atom is -0.393 e. The van der Waals surface area contributed by atoms with Crippen molar-refractivity contribution in [1.82, 2.24) is 0 Å². The summed E-state index contributed by atoms with van der Waals surface area (Å²) in [6, 6.07) is 10.6. The summed E-state index contributed by atoms with van der Waals surface area (Å²) in [5, 5.41) is 9.99. The Hall–Kier alpha value is -0.820. The van der Waals surface area contributed by atoms with Crippen molar-refractivity contribution in [3.05, 3.63) is 35.9 Å². The Morgan fingerprint density at radius 3 is 2.33 bits per heavy atom. The third-order valence-corrected chi connectivity index (χ3v) is 3.92. The van der Waals surface area contributed by atoms with E-state index in [1.54, 1.807) is 0 Å². The normalized spacial score (nSPS) is 26.9. The molecule has 0 aliphatic heterocycles. The van der Waals surface area contributed by atoms with Crippen molar-refractivity contribution < 1.29 is 5.11 Å². The van der Waals surface area contributed by atoms with Crippen LogP contribution in [0.1, 0.15) is 38.7 Å². The summed E-state index contributed by atoms with van der Waals surface area (Å²) < 4.78 is 0. The topological polar surface area (TPSA) is 20.2 Å². The van der Waals surface area contributed by atoms with Gasteiger partial charge in [0, 0.05) is 0 Å². The van der Waals surface area contributed by atoms with Crippen LogP contribution in [0.15, 0.2) is 30.3 Å². The molecule has 2 atom stereocenters. The van der Waals surface area contributed by atoms with E-state index in [4.69, 9.17) is 0 Å². The Bertz CT molecular complexity index is 315. The monoisotopic (exact) mass is 204 g/mol. The number of aliphatic hydroxyl groups is 1. The predicted molar refractivity (Wildman–Crippen MR) is 62.8 cm³/mol. The largest absolute Gasteiger partial charge is 0.393 e. The number of benzene rings is 1. The molecular formula is C14H20O. The fourth-order valence-electron chi connectivity index (χ4n) is 2.86. The second-order valence-corrected chi connectivity index (χ2v) is 5.19. The lowest BCUT2D eigenvalue weighted by Crippen LogP contribution is -2.33. The van der Waals surface area contributed by atoms with Crippen LogP contribution in [0, 0.1) is 5.92 Å². The zero-order valence-corrected chi connectivity index (χ0v) is 9.61. The molecule has 0 saturated heterocycles. The van der Waals surface area contributed by atoms with Crippen LogP contribution < -0.4 is 0 Å². The minimum absolute atomic E-state index is 0.0944. The first kappa shape index (κ1) is 10.7. The number of hydrogen-bond donors (Lipinski definition) is 1. The molecule has 1 aliphatic rings. The summed E-state index contributed by atoms with van der Waals surface area (Å²) in [5.74, 6) is 0.417. The predicted octanol–water partition coefficient (Wildman–Crippen LogP) is 3.13. The van der Waals surface area contributed by atoms with Crippen molar-refractivity contribution in [2.75, 3.05) is 0 Å². The van der Waals surface area contributed by atoms with E-state index in [0.29, 0.717) is 5.92 Å². The summed E-state index contributed by atoms with van der Waals surface area (Å²) in [4.78, 5) is 0. The molecule has 1 N–H and O–H groups in total. The van der Waals surface area contributed by atoms with Gasteiger partial charge in [0.2, 0.25) is 0 Å². The third kappa shape index (κ3) is 1.93. The van der Waals surface area contributed by atoms with Crippen molar-refractivity contribution in [2.24, 2.45) is 5.92 Å². The van der Waals surface area contributed by atoms with Crippen LogP contribution >= 0.6 is 0 Å². The van der Waals surface area contributed by atoms with Gasteiger partial charge in [0.25, 0.3) is 0 Å². The molecule has 1 aliphatic carbocycles. The van der Waals surface area contributed by atoms with Crippen molar-refractivity contribution in [3.63, 3.8) is 0 Å². The smallest absolute Gasteiger partial charge is 0.0576 e. The van der Waals surface area contributed by atoms with Gasteiger partial charge in [0.15, 0.2) is 0 Å². The molecule has 0 radical (unpaired) electrons. The lowest BCUT2D eigenvalue weighted by Gasteiger charge is -2.34. The van der Waals surface area contributed by atoms with Gasteiger partial charge in [0.05, 0.1) is 6.10 Å². The number of hydrogen-bond acceptors (Lipinski definition) is 1. The minimum atomic E-state index is -0.111. The summed E-state index contributed by atoms with van der Waals surface area (Å²) in [5.41, 5.74) is 1.44. The van der Waals surface area contributed by atoms with Crippen LogP contribution in [0.4, 0.5) is 0 Å². The van der Waals surface area contributed by atoms with Gasteiger partial charge in [-0.3, -0.25) is 0 Å². The highest BCUT2D eigenvalue weighted by Gasteiger charge is 2.38. The zero-order valence-electron chi connectivity index (χ0n) is 9.61. The third-order valence-electron chi connectivity index (χ3n) is 3.92. The van der Waals surface area contributed by atoms with Gasteiger partial charge in [-0.05, 0) is 29.7 Å². The highest BCUT2D eigenvalue weighted by molar-refractivity contribution is 5.25. The highest BCUT2D eigenvalue weighted by Crippen LogP contribution is 2.41. The van der Waals surface area contributed by atoms with E-state index in [2.05, 4.69) is 38.1 Å². The average Bonchev–Trinajstić information content (AvgIpc) is 2.66. The maximum atomic E-state index is 9.99. The maximum absolute atomic E-state index is 9.99. The summed E-state index contributed by atoms with van der Waals surface area (Å²) in [7, 11) is 0. The second-order valence-electron chi connectivity index (χ2n) is 5.19. The Kier molecular flexibility index (Phi) is 2.83. The zero-order chi connectivity index (χ0) is 10.9. The van der Waals surface area contributed by atoms with Crippen molar-refractivity contribution in [1.29, 1.82) is 0 Å². The maximum Gasteiger partial charge on any atom is 0.0576 e. The van der Waals surface area contributed by atoms with Crippen LogP contribution in [0.5, 0.6) is 0 Å². The van der Waals surface area contributed by atoms with Crippen molar-refractivity contribution >= 4 is 0 Å². The molecule has 1 aromatic rings. The van der Waals surface area contributed by atoms with Crippen LogP contribution in [-0.2, 0) is 5.41 Å². The van der Waals surface area contributed by atoms with Crippen molar-refractivity contribution in [3.8, 4) is 0 Å². The van der Waals surface area contributed by atoms with E-state index in [0.717, 1.165) is 12.8 Å². The average molecular weight is 204 g/mol. The first-order chi connectivity index (χ1) is 7.12. The summed E-state index contributed by atoms with van der Waals surface area (Å²) >= 11 is 0. The molecule has 0 aromatic heterocycles. The van der Waals surface area contributed by atoms with E-state index in [1.165, 1.54) is 12.0 Å². The molecule has 0 bridgehead atoms. The number of rotatable bonds is 2. The molecule has 1 heteroatoms. The van der Waals surface area contributed by atoms with E-state index in [9.17, 15) is 5.11 Å². The molecule has 0 amide bonds. The van der Waals surface area contributed by atoms with Gasteiger partial charge in [-0.1, -0.05) is 50.6 Å². The van der Waals surface area contributed by atoms with Crippen LogP contribution in [0.2, 0.25) is 0 Å². The van der Waals surface area contributed by atoms with Gasteiger partial charge >= 0.3 is 0 Å². The van der Waals surface area contributed by atoms with Crippen LogP contribution in [0.25, 0.3) is 0 Å². The Morgan fingerprint density at radius 1 is 1.13 bits per heavy atom. The Labute approximate surface area is 92.1 Å². The lowest BCUT2D eigenvalue weighted by atomic mass is 9.72. The lowest BCUT2D eigenvalue weighted by molar-refractivity contribution is 0.0929. The first-order valence-electron chi connectivity index (χ1n) is 5.86. The molecule has 1 fully saturated rings. The number of aliphatic hydroxyl groups excluding tert-OH is 1. The van der Waals surface area contributed by atoms with Gasteiger partial charge in [0.1, 0.15) is 0 Å². The van der Waals surface area contributed by atoms with Crippen LogP contribution in [0.3, 0.4) is 0 Å². The molecule has 0 heterocycles. The Morgan fingerprint density at radius 2 is 1.80 bits per heavy atom. The van der Waals surface area contributed by atoms with E-state index >= 15 is 0 Å². The molecule has 2 unspecified atom stereocenters. The van der Waals surface area contributed by atoms with E-state index in [-0.39, 0.29) is 11.5 Å². The molecule has 1 saturated carbocycles. The quantitative estimate of drug-likeness (QED) is 0.784. The van der Waals surface area contributed by atoms with Gasteiger partial charge in [-0.2, -0.15) is 0 Å². The Balaban J connectivity index is 2.26. The van der Waals surface area contributed by atoms with Gasteiger partial charge in [-0.15, -0.1) is 0 Å². The van der Waals surface area contributed by atoms with Gasteiger partial charge < -0.3 is 5.11 Å². The molecule has 1 nitrogen and oxygen atoms in total. The molecule has 1 aromatic carbocycles. The van der Waals surface area contributed by atoms with Crippen molar-refractivity contribution in [2.45, 2.75) is 44.6 Å². The molecular weight excluding hydrogens is 184 g/mol. The molecule has 82 valence electrons. The highest BCUT2D eigenvalue weighted by atomic mass is 16.3.